The lowest BCUT2D eigenvalue weighted by Gasteiger charge is -2.17. The van der Waals surface area contributed by atoms with Gasteiger partial charge in [0.25, 0.3) is 11.8 Å². The number of carboxylic acid groups (broad SMARTS) is 1. The molecule has 3 aromatic carbocycles. The molecule has 3 aromatic rings. The van der Waals surface area contributed by atoms with Crippen LogP contribution in [-0.4, -0.2) is 23.7 Å². The fourth-order valence-corrected chi connectivity index (χ4v) is 3.81. The molecule has 1 aliphatic rings. The number of rotatable bonds is 7. The molecule has 194 valence electrons. The fourth-order valence-electron chi connectivity index (χ4n) is 3.60. The summed E-state index contributed by atoms with van der Waals surface area (Å²) < 4.78 is 39.2. The molecule has 0 unspecified atom stereocenters. The Balaban J connectivity index is 1.41. The van der Waals surface area contributed by atoms with Crippen molar-refractivity contribution in [3.63, 3.8) is 0 Å². The minimum absolute atomic E-state index is 0.0211. The van der Waals surface area contributed by atoms with Gasteiger partial charge in [0, 0.05) is 11.4 Å². The fraction of sp³-hybridized carbons (Fsp3) is 0.0769. The number of carboxylic acids is 1. The molecule has 0 radical (unpaired) electrons. The van der Waals surface area contributed by atoms with Crippen molar-refractivity contribution in [2.24, 2.45) is 0 Å². The van der Waals surface area contributed by atoms with Gasteiger partial charge in [-0.1, -0.05) is 41.9 Å². The van der Waals surface area contributed by atoms with E-state index in [2.05, 4.69) is 10.6 Å². The van der Waals surface area contributed by atoms with E-state index in [1.165, 1.54) is 42.5 Å². The summed E-state index contributed by atoms with van der Waals surface area (Å²) >= 11 is 6.05. The summed E-state index contributed by atoms with van der Waals surface area (Å²) in [6.45, 7) is 0. The molecule has 0 atom stereocenters. The molecule has 4 rings (SSSR count). The van der Waals surface area contributed by atoms with Crippen LogP contribution in [0.1, 0.15) is 21.5 Å². The van der Waals surface area contributed by atoms with E-state index in [-0.39, 0.29) is 29.3 Å². The third-order valence-corrected chi connectivity index (χ3v) is 5.80. The Morgan fingerprint density at radius 2 is 1.53 bits per heavy atom. The maximum absolute atomic E-state index is 13.1. The Kier molecular flexibility index (Phi) is 7.22. The first-order valence-corrected chi connectivity index (χ1v) is 11.2. The molecule has 2 N–H and O–H groups in total. The average molecular weight is 543 g/mol. The third kappa shape index (κ3) is 5.68. The van der Waals surface area contributed by atoms with E-state index in [4.69, 9.17) is 11.6 Å². The van der Waals surface area contributed by atoms with Gasteiger partial charge in [-0.2, -0.15) is 13.2 Å². The van der Waals surface area contributed by atoms with Crippen LogP contribution in [0.3, 0.4) is 0 Å². The van der Waals surface area contributed by atoms with Gasteiger partial charge in [-0.3, -0.25) is 14.4 Å². The lowest BCUT2D eigenvalue weighted by molar-refractivity contribution is -0.255. The van der Waals surface area contributed by atoms with Crippen LogP contribution in [0.5, 0.6) is 0 Å². The lowest BCUT2D eigenvalue weighted by Crippen LogP contribution is -2.32. The molecule has 0 saturated carbocycles. The molecule has 1 heterocycles. The Labute approximate surface area is 218 Å². The van der Waals surface area contributed by atoms with E-state index >= 15 is 0 Å². The zero-order valence-electron chi connectivity index (χ0n) is 19.1. The van der Waals surface area contributed by atoms with E-state index in [1.807, 2.05) is 0 Å². The minimum atomic E-state index is -4.67. The highest BCUT2D eigenvalue weighted by Crippen LogP contribution is 2.35. The molecule has 3 amide bonds. The summed E-state index contributed by atoms with van der Waals surface area (Å²) in [7, 11) is 0. The SMILES string of the molecule is O=C(Cc1ccc(NC2=C(Cl)C(=O)N(c3cccc(C(F)(F)F)c3)C2=O)cc1)Nc1ccc(C(=O)[O-])cc1. The van der Waals surface area contributed by atoms with Crippen molar-refractivity contribution in [3.8, 4) is 0 Å². The first-order valence-electron chi connectivity index (χ1n) is 10.9. The number of benzene rings is 3. The number of hydrogen-bond acceptors (Lipinski definition) is 6. The number of hydrogen-bond donors (Lipinski definition) is 2. The highest BCUT2D eigenvalue weighted by atomic mass is 35.5. The molecule has 12 heteroatoms. The van der Waals surface area contributed by atoms with Crippen LogP contribution >= 0.6 is 11.6 Å². The summed E-state index contributed by atoms with van der Waals surface area (Å²) in [5, 5.41) is 15.7. The number of carbonyl (C=O) groups is 4. The third-order valence-electron chi connectivity index (χ3n) is 5.45. The number of imide groups is 1. The number of aromatic carboxylic acids is 1. The predicted molar refractivity (Wildman–Crippen MR) is 130 cm³/mol. The Hall–Kier alpha value is -4.64. The van der Waals surface area contributed by atoms with Crippen LogP contribution in [0.4, 0.5) is 30.2 Å². The van der Waals surface area contributed by atoms with Gasteiger partial charge < -0.3 is 20.5 Å². The van der Waals surface area contributed by atoms with Crippen molar-refractivity contribution in [3.05, 3.63) is 100 Å². The highest BCUT2D eigenvalue weighted by Gasteiger charge is 2.40. The van der Waals surface area contributed by atoms with Crippen molar-refractivity contribution < 1.29 is 37.5 Å². The summed E-state index contributed by atoms with van der Waals surface area (Å²) in [6, 6.07) is 15.4. The van der Waals surface area contributed by atoms with Crippen LogP contribution in [0, 0.1) is 0 Å². The van der Waals surface area contributed by atoms with Crippen LogP contribution in [-0.2, 0) is 27.0 Å². The second kappa shape index (κ2) is 10.4. The molecule has 0 aliphatic carbocycles. The molecule has 8 nitrogen and oxygen atoms in total. The number of halogens is 4. The normalized spacial score (nSPS) is 13.6. The molecule has 0 spiro atoms. The van der Waals surface area contributed by atoms with Crippen molar-refractivity contribution in [2.45, 2.75) is 12.6 Å². The van der Waals surface area contributed by atoms with Gasteiger partial charge in [0.2, 0.25) is 5.91 Å². The summed E-state index contributed by atoms with van der Waals surface area (Å²) in [5.74, 6) is -3.60. The van der Waals surface area contributed by atoms with E-state index in [1.54, 1.807) is 12.1 Å². The molecule has 0 fully saturated rings. The molecule has 38 heavy (non-hydrogen) atoms. The van der Waals surface area contributed by atoms with Crippen LogP contribution in [0.15, 0.2) is 83.5 Å². The highest BCUT2D eigenvalue weighted by molar-refractivity contribution is 6.53. The van der Waals surface area contributed by atoms with Crippen LogP contribution in [0.25, 0.3) is 0 Å². The van der Waals surface area contributed by atoms with Gasteiger partial charge in [0.1, 0.15) is 10.7 Å². The van der Waals surface area contributed by atoms with Gasteiger partial charge in [0.05, 0.1) is 23.6 Å². The van der Waals surface area contributed by atoms with Gasteiger partial charge in [-0.25, -0.2) is 4.90 Å². The van der Waals surface area contributed by atoms with Crippen molar-refractivity contribution in [1.29, 1.82) is 0 Å². The molecular weight excluding hydrogens is 527 g/mol. The van der Waals surface area contributed by atoms with E-state index in [9.17, 15) is 37.5 Å². The van der Waals surface area contributed by atoms with Crippen LogP contribution < -0.4 is 20.6 Å². The number of amides is 3. The van der Waals surface area contributed by atoms with E-state index in [0.29, 0.717) is 27.9 Å². The maximum Gasteiger partial charge on any atom is 0.416 e. The number of anilines is 3. The maximum atomic E-state index is 13.1. The van der Waals surface area contributed by atoms with E-state index < -0.39 is 34.6 Å². The van der Waals surface area contributed by atoms with Gasteiger partial charge in [-0.05, 0) is 53.6 Å². The molecule has 1 aliphatic heterocycles. The summed E-state index contributed by atoms with van der Waals surface area (Å²) in [5.41, 5.74) is -0.301. The minimum Gasteiger partial charge on any atom is -0.545 e. The van der Waals surface area contributed by atoms with Crippen molar-refractivity contribution in [1.82, 2.24) is 0 Å². The number of carbonyl (C=O) groups excluding carboxylic acids is 4. The monoisotopic (exact) mass is 542 g/mol. The standard InChI is InChI=1S/C26H17ClF3N3O5/c27-21-22(24(36)33(23(21)35)19-3-1-2-16(13-19)26(28,29)30)32-18-8-4-14(5-9-18)12-20(34)31-17-10-6-15(7-11-17)25(37)38/h1-11,13,32H,12H2,(H,31,34)(H,37,38)/p-1. The zero-order valence-corrected chi connectivity index (χ0v) is 19.9. The quantitative estimate of drug-likeness (QED) is 0.440. The summed E-state index contributed by atoms with van der Waals surface area (Å²) in [6.07, 6.45) is -4.69. The van der Waals surface area contributed by atoms with Crippen molar-refractivity contribution in [2.75, 3.05) is 15.5 Å². The Bertz CT molecular complexity index is 1470. The topological polar surface area (TPSA) is 119 Å². The first kappa shape index (κ1) is 26.4. The summed E-state index contributed by atoms with van der Waals surface area (Å²) in [4.78, 5) is 49.1. The molecular formula is C26H16ClF3N3O5-. The smallest absolute Gasteiger partial charge is 0.416 e. The van der Waals surface area contributed by atoms with Crippen LogP contribution in [0.2, 0.25) is 0 Å². The largest absolute Gasteiger partial charge is 0.545 e. The van der Waals surface area contributed by atoms with Gasteiger partial charge in [0.15, 0.2) is 0 Å². The molecule has 0 aromatic heterocycles. The number of nitrogens with zero attached hydrogens (tertiary/aromatic N) is 1. The second-order valence-corrected chi connectivity index (χ2v) is 8.47. The number of alkyl halides is 3. The Morgan fingerprint density at radius 3 is 2.13 bits per heavy atom. The van der Waals surface area contributed by atoms with Gasteiger partial charge in [-0.15, -0.1) is 0 Å². The first-order chi connectivity index (χ1) is 17.9. The average Bonchev–Trinajstić information content (AvgIpc) is 3.08. The molecule has 0 saturated heterocycles. The van der Waals surface area contributed by atoms with Gasteiger partial charge >= 0.3 is 6.18 Å². The Morgan fingerprint density at radius 1 is 0.895 bits per heavy atom. The van der Waals surface area contributed by atoms with E-state index in [0.717, 1.165) is 12.1 Å². The lowest BCUT2D eigenvalue weighted by atomic mass is 10.1. The number of nitrogens with one attached hydrogen (secondary N) is 2. The van der Waals surface area contributed by atoms with Crippen molar-refractivity contribution >= 4 is 52.4 Å². The second-order valence-electron chi connectivity index (χ2n) is 8.09. The predicted octanol–water partition coefficient (Wildman–Crippen LogP) is 3.69. The zero-order chi connectivity index (χ0) is 27.6. The molecule has 0 bridgehead atoms.